The van der Waals surface area contributed by atoms with E-state index < -0.39 is 0 Å². The number of unbranched alkanes of at least 4 members (excludes halogenated alkanes) is 2. The van der Waals surface area contributed by atoms with Gasteiger partial charge in [0.2, 0.25) is 0 Å². The summed E-state index contributed by atoms with van der Waals surface area (Å²) in [6.45, 7) is 2.28. The monoisotopic (exact) mass is 235 g/mol. The highest BCUT2D eigenvalue weighted by atomic mass is 14.6. The smallest absolute Gasteiger partial charge is 0.00866 e. The molecule has 0 aromatic carbocycles. The predicted octanol–water partition coefficient (Wildman–Crippen LogP) is 4.11. The van der Waals surface area contributed by atoms with Crippen LogP contribution < -0.4 is 5.73 Å². The van der Waals surface area contributed by atoms with Crippen molar-refractivity contribution in [3.05, 3.63) is 0 Å². The molecule has 1 unspecified atom stereocenters. The number of terminal acetylenes is 1. The van der Waals surface area contributed by atoms with E-state index >= 15 is 0 Å². The summed E-state index contributed by atoms with van der Waals surface area (Å²) in [7, 11) is 0. The van der Waals surface area contributed by atoms with E-state index in [-0.39, 0.29) is 0 Å². The van der Waals surface area contributed by atoms with Crippen LogP contribution in [0.25, 0.3) is 0 Å². The second-order valence-corrected chi connectivity index (χ2v) is 5.68. The maximum atomic E-state index is 6.27. The molecule has 1 aliphatic rings. The first kappa shape index (κ1) is 14.6. The molecule has 0 amide bonds. The lowest BCUT2D eigenvalue weighted by molar-refractivity contribution is 0.225. The highest BCUT2D eigenvalue weighted by molar-refractivity contribution is 4.85. The minimum Gasteiger partial charge on any atom is -0.327 e. The van der Waals surface area contributed by atoms with Gasteiger partial charge in [-0.3, -0.25) is 0 Å². The Morgan fingerprint density at radius 2 is 1.94 bits per heavy atom. The lowest BCUT2D eigenvalue weighted by Gasteiger charge is -2.32. The van der Waals surface area contributed by atoms with E-state index in [2.05, 4.69) is 12.8 Å². The fourth-order valence-electron chi connectivity index (χ4n) is 3.07. The van der Waals surface area contributed by atoms with E-state index in [4.69, 9.17) is 12.2 Å². The van der Waals surface area contributed by atoms with Gasteiger partial charge in [0.25, 0.3) is 0 Å². The molecular weight excluding hydrogens is 206 g/mol. The molecule has 1 atom stereocenters. The largest absolute Gasteiger partial charge is 0.327 e. The molecule has 2 N–H and O–H groups in total. The van der Waals surface area contributed by atoms with Crippen molar-refractivity contribution in [1.29, 1.82) is 0 Å². The van der Waals surface area contributed by atoms with Gasteiger partial charge in [-0.15, -0.1) is 12.3 Å². The van der Waals surface area contributed by atoms with Crippen LogP contribution in [-0.4, -0.2) is 6.04 Å². The van der Waals surface area contributed by atoms with E-state index in [0.717, 1.165) is 31.1 Å². The Hall–Kier alpha value is -0.480. The van der Waals surface area contributed by atoms with Gasteiger partial charge in [0.15, 0.2) is 0 Å². The Morgan fingerprint density at radius 1 is 1.24 bits per heavy atom. The van der Waals surface area contributed by atoms with Crippen molar-refractivity contribution in [1.82, 2.24) is 0 Å². The van der Waals surface area contributed by atoms with Crippen LogP contribution in [0.1, 0.15) is 71.1 Å². The van der Waals surface area contributed by atoms with Crippen molar-refractivity contribution < 1.29 is 0 Å². The third-order valence-electron chi connectivity index (χ3n) is 4.32. The molecule has 1 nitrogen and oxygen atoms in total. The minimum atomic E-state index is 0.399. The molecule has 0 bridgehead atoms. The quantitative estimate of drug-likeness (QED) is 0.521. The molecule has 1 heteroatoms. The third-order valence-corrected chi connectivity index (χ3v) is 4.32. The van der Waals surface area contributed by atoms with E-state index in [9.17, 15) is 0 Å². The molecule has 1 fully saturated rings. The molecule has 0 radical (unpaired) electrons. The van der Waals surface area contributed by atoms with E-state index in [1.807, 2.05) is 0 Å². The molecule has 1 rings (SSSR count). The summed E-state index contributed by atoms with van der Waals surface area (Å²) in [6.07, 6.45) is 18.1. The van der Waals surface area contributed by atoms with Crippen molar-refractivity contribution in [2.24, 2.45) is 17.6 Å². The summed E-state index contributed by atoms with van der Waals surface area (Å²) < 4.78 is 0. The van der Waals surface area contributed by atoms with Crippen molar-refractivity contribution >= 4 is 0 Å². The Bertz CT molecular complexity index is 220. The van der Waals surface area contributed by atoms with Crippen LogP contribution in [0.4, 0.5) is 0 Å². The first-order valence-corrected chi connectivity index (χ1v) is 7.47. The summed E-state index contributed by atoms with van der Waals surface area (Å²) in [5.74, 6) is 4.46. The van der Waals surface area contributed by atoms with Gasteiger partial charge < -0.3 is 5.73 Å². The maximum absolute atomic E-state index is 6.27. The number of hydrogen-bond acceptors (Lipinski definition) is 1. The van der Waals surface area contributed by atoms with E-state index in [1.54, 1.807) is 0 Å². The molecule has 0 heterocycles. The normalized spacial score (nSPS) is 26.4. The van der Waals surface area contributed by atoms with Gasteiger partial charge in [-0.25, -0.2) is 0 Å². The zero-order chi connectivity index (χ0) is 12.5. The van der Waals surface area contributed by atoms with Gasteiger partial charge in [0.1, 0.15) is 0 Å². The van der Waals surface area contributed by atoms with Crippen molar-refractivity contribution in [2.75, 3.05) is 0 Å². The van der Waals surface area contributed by atoms with Crippen LogP contribution in [0.5, 0.6) is 0 Å². The van der Waals surface area contributed by atoms with Crippen LogP contribution in [0.2, 0.25) is 0 Å². The van der Waals surface area contributed by atoms with Gasteiger partial charge in [0.05, 0.1) is 0 Å². The summed E-state index contributed by atoms with van der Waals surface area (Å²) >= 11 is 0. The maximum Gasteiger partial charge on any atom is 0.00866 e. The Morgan fingerprint density at radius 3 is 2.53 bits per heavy atom. The van der Waals surface area contributed by atoms with Crippen LogP contribution in [-0.2, 0) is 0 Å². The van der Waals surface area contributed by atoms with Crippen molar-refractivity contribution in [3.63, 3.8) is 0 Å². The summed E-state index contributed by atoms with van der Waals surface area (Å²) in [4.78, 5) is 0. The molecular formula is C16H29N. The Kier molecular flexibility index (Phi) is 7.37. The van der Waals surface area contributed by atoms with Crippen LogP contribution >= 0.6 is 0 Å². The Balaban J connectivity index is 2.15. The van der Waals surface area contributed by atoms with Crippen LogP contribution in [0, 0.1) is 24.2 Å². The van der Waals surface area contributed by atoms with Gasteiger partial charge in [0, 0.05) is 12.5 Å². The summed E-state index contributed by atoms with van der Waals surface area (Å²) in [6, 6.07) is 0.399. The molecule has 0 spiro atoms. The van der Waals surface area contributed by atoms with Gasteiger partial charge in [-0.05, 0) is 37.5 Å². The van der Waals surface area contributed by atoms with Gasteiger partial charge in [-0.2, -0.15) is 0 Å². The fourth-order valence-corrected chi connectivity index (χ4v) is 3.07. The van der Waals surface area contributed by atoms with Crippen molar-refractivity contribution in [2.45, 2.75) is 77.2 Å². The second-order valence-electron chi connectivity index (χ2n) is 5.68. The summed E-state index contributed by atoms with van der Waals surface area (Å²) in [5, 5.41) is 0. The lowest BCUT2D eigenvalue weighted by Crippen LogP contribution is -2.33. The average Bonchev–Trinajstić information content (AvgIpc) is 2.37. The Labute approximate surface area is 108 Å². The number of nitrogens with two attached hydrogens (primary N) is 1. The molecule has 0 aliphatic heterocycles. The third kappa shape index (κ3) is 5.59. The zero-order valence-electron chi connectivity index (χ0n) is 11.5. The molecule has 0 saturated heterocycles. The fraction of sp³-hybridized carbons (Fsp3) is 0.875. The van der Waals surface area contributed by atoms with Crippen molar-refractivity contribution in [3.8, 4) is 12.3 Å². The predicted molar refractivity (Wildman–Crippen MR) is 75.6 cm³/mol. The summed E-state index contributed by atoms with van der Waals surface area (Å²) in [5.41, 5.74) is 6.27. The molecule has 98 valence electrons. The first-order chi connectivity index (χ1) is 8.27. The van der Waals surface area contributed by atoms with Crippen LogP contribution in [0.15, 0.2) is 0 Å². The first-order valence-electron chi connectivity index (χ1n) is 7.47. The zero-order valence-corrected chi connectivity index (χ0v) is 11.5. The number of rotatable bonds is 7. The average molecular weight is 235 g/mol. The van der Waals surface area contributed by atoms with Gasteiger partial charge >= 0.3 is 0 Å². The minimum absolute atomic E-state index is 0.399. The van der Waals surface area contributed by atoms with Gasteiger partial charge in [-0.1, -0.05) is 39.0 Å². The molecule has 17 heavy (non-hydrogen) atoms. The van der Waals surface area contributed by atoms with Crippen LogP contribution in [0.3, 0.4) is 0 Å². The molecule has 0 aromatic heterocycles. The van der Waals surface area contributed by atoms with E-state index in [0.29, 0.717) is 6.04 Å². The molecule has 1 saturated carbocycles. The standard InChI is InChI=1S/C16H29N/c1-3-5-7-9-16(17)15-12-10-14(11-13-15)8-6-4-2/h1,14-16H,4-13,17H2,2H3. The number of hydrogen-bond donors (Lipinski definition) is 1. The second kappa shape index (κ2) is 8.59. The highest BCUT2D eigenvalue weighted by Gasteiger charge is 2.24. The SMILES string of the molecule is C#CCCCC(N)C1CCC(CCCC)CC1. The topological polar surface area (TPSA) is 26.0 Å². The lowest BCUT2D eigenvalue weighted by atomic mass is 9.76. The van der Waals surface area contributed by atoms with E-state index in [1.165, 1.54) is 44.9 Å². The highest BCUT2D eigenvalue weighted by Crippen LogP contribution is 2.33. The molecule has 0 aromatic rings. The molecule has 1 aliphatic carbocycles.